The summed E-state index contributed by atoms with van der Waals surface area (Å²) in [5, 5.41) is 2.53. The monoisotopic (exact) mass is 815 g/mol. The number of rotatable bonds is 5. The maximum atomic E-state index is 5.68. The van der Waals surface area contributed by atoms with Gasteiger partial charge in [0.2, 0.25) is 0 Å². The molecule has 2 aromatic heterocycles. The zero-order valence-electron chi connectivity index (χ0n) is 32.9. The van der Waals surface area contributed by atoms with Gasteiger partial charge in [-0.05, 0) is 0 Å². The third-order valence-electron chi connectivity index (χ3n) is 13.1. The van der Waals surface area contributed by atoms with E-state index in [0.717, 1.165) is 34.0 Å². The van der Waals surface area contributed by atoms with Gasteiger partial charge in [0.25, 0.3) is 0 Å². The quantitative estimate of drug-likeness (QED) is 0.162. The fourth-order valence-electron chi connectivity index (χ4n) is 10.5. The van der Waals surface area contributed by atoms with Crippen molar-refractivity contribution in [2.45, 2.75) is 19.3 Å². The van der Waals surface area contributed by atoms with Gasteiger partial charge >= 0.3 is 342 Å². The number of benzene rings is 8. The standard InChI is InChI=1S/C55H39GeN3/c1-55(2)46-30-15-12-27-41(46)44-35-50-45(34-47(44)55)42-28-14-17-32-49(42)59(50)40-26-18-21-37(33-40)52-51-53(58-54(57-52)36-19-6-3-7-20-36)43-29-13-16-31-48(43)56(51,38-22-8-4-9-23-38)39-24-10-5-11-25-39/h3-35H,1-2H3. The van der Waals surface area contributed by atoms with E-state index < -0.39 is 13.3 Å². The fourth-order valence-corrected chi connectivity index (χ4v) is 21.5. The van der Waals surface area contributed by atoms with Crippen molar-refractivity contribution in [2.75, 3.05) is 0 Å². The molecule has 12 rings (SSSR count). The van der Waals surface area contributed by atoms with E-state index in [1.807, 2.05) is 0 Å². The van der Waals surface area contributed by atoms with Gasteiger partial charge in [0.1, 0.15) is 0 Å². The van der Waals surface area contributed by atoms with E-state index in [0.29, 0.717) is 0 Å². The van der Waals surface area contributed by atoms with Gasteiger partial charge in [-0.3, -0.25) is 0 Å². The predicted octanol–water partition coefficient (Wildman–Crippen LogP) is 10.6. The van der Waals surface area contributed by atoms with Crippen LogP contribution in [0.2, 0.25) is 0 Å². The van der Waals surface area contributed by atoms with E-state index in [-0.39, 0.29) is 5.41 Å². The van der Waals surface area contributed by atoms with Crippen molar-refractivity contribution in [3.63, 3.8) is 0 Å². The first kappa shape index (κ1) is 34.2. The second kappa shape index (κ2) is 12.8. The van der Waals surface area contributed by atoms with E-state index in [1.165, 1.54) is 67.2 Å². The summed E-state index contributed by atoms with van der Waals surface area (Å²) in [6.07, 6.45) is 0. The minimum atomic E-state index is -3.74. The van der Waals surface area contributed by atoms with Gasteiger partial charge in [-0.15, -0.1) is 0 Å². The van der Waals surface area contributed by atoms with E-state index in [4.69, 9.17) is 9.97 Å². The van der Waals surface area contributed by atoms with Crippen molar-refractivity contribution >= 4 is 52.7 Å². The third-order valence-corrected chi connectivity index (χ3v) is 23.3. The maximum absolute atomic E-state index is 5.68. The molecule has 0 atom stereocenters. The number of nitrogens with zero attached hydrogens (tertiary/aromatic N) is 3. The summed E-state index contributed by atoms with van der Waals surface area (Å²) in [4.78, 5) is 11.2. The Morgan fingerprint density at radius 2 is 1.05 bits per heavy atom. The third kappa shape index (κ3) is 4.83. The van der Waals surface area contributed by atoms with Crippen LogP contribution in [-0.4, -0.2) is 27.8 Å². The van der Waals surface area contributed by atoms with Crippen LogP contribution in [-0.2, 0) is 5.41 Å². The van der Waals surface area contributed by atoms with Gasteiger partial charge in [-0.2, -0.15) is 0 Å². The number of hydrogen-bond acceptors (Lipinski definition) is 2. The first-order chi connectivity index (χ1) is 29.0. The van der Waals surface area contributed by atoms with Gasteiger partial charge < -0.3 is 0 Å². The van der Waals surface area contributed by atoms with Crippen LogP contribution in [0.1, 0.15) is 25.0 Å². The van der Waals surface area contributed by atoms with Crippen molar-refractivity contribution in [3.05, 3.63) is 211 Å². The van der Waals surface area contributed by atoms with E-state index in [9.17, 15) is 0 Å². The van der Waals surface area contributed by atoms with E-state index >= 15 is 0 Å². The van der Waals surface area contributed by atoms with E-state index in [1.54, 1.807) is 0 Å². The van der Waals surface area contributed by atoms with Crippen molar-refractivity contribution in [3.8, 4) is 50.7 Å². The summed E-state index contributed by atoms with van der Waals surface area (Å²) in [5.74, 6) is 0.743. The predicted molar refractivity (Wildman–Crippen MR) is 247 cm³/mol. The zero-order valence-corrected chi connectivity index (χ0v) is 35.0. The molecule has 3 nitrogen and oxygen atoms in total. The van der Waals surface area contributed by atoms with Crippen LogP contribution in [0.4, 0.5) is 0 Å². The molecule has 8 aromatic carbocycles. The Morgan fingerprint density at radius 1 is 0.441 bits per heavy atom. The molecule has 1 aliphatic carbocycles. The molecule has 0 N–H and O–H groups in total. The van der Waals surface area contributed by atoms with Crippen LogP contribution in [0, 0.1) is 0 Å². The topological polar surface area (TPSA) is 30.7 Å². The first-order valence-corrected chi connectivity index (χ1v) is 24.7. The molecule has 0 bridgehead atoms. The number of para-hydroxylation sites is 1. The molecule has 1 aliphatic heterocycles. The van der Waals surface area contributed by atoms with Crippen LogP contribution < -0.4 is 17.6 Å². The molecule has 0 saturated heterocycles. The summed E-state index contributed by atoms with van der Waals surface area (Å²) in [5.41, 5.74) is 14.2. The molecule has 0 radical (unpaired) electrons. The average molecular weight is 815 g/mol. The molecular formula is C55H39GeN3. The molecular weight excluding hydrogens is 775 g/mol. The summed E-state index contributed by atoms with van der Waals surface area (Å²) >= 11 is -3.74. The Labute approximate surface area is 346 Å². The summed E-state index contributed by atoms with van der Waals surface area (Å²) in [6, 6.07) is 73.8. The molecule has 0 unspecified atom stereocenters. The van der Waals surface area contributed by atoms with Crippen molar-refractivity contribution < 1.29 is 0 Å². The van der Waals surface area contributed by atoms with Gasteiger partial charge in [-0.25, -0.2) is 0 Å². The minimum absolute atomic E-state index is 0.0834. The Morgan fingerprint density at radius 3 is 1.81 bits per heavy atom. The second-order valence-electron chi connectivity index (χ2n) is 16.5. The molecule has 3 heterocycles. The average Bonchev–Trinajstić information content (AvgIpc) is 3.87. The van der Waals surface area contributed by atoms with Crippen LogP contribution >= 0.6 is 0 Å². The molecule has 10 aromatic rings. The fraction of sp³-hybridized carbons (Fsp3) is 0.0545. The number of fused-ring (bicyclic) bond motifs is 9. The van der Waals surface area contributed by atoms with Crippen LogP contribution in [0.3, 0.4) is 0 Å². The van der Waals surface area contributed by atoms with Gasteiger partial charge in [0.05, 0.1) is 0 Å². The molecule has 0 fully saturated rings. The van der Waals surface area contributed by atoms with Crippen LogP contribution in [0.5, 0.6) is 0 Å². The van der Waals surface area contributed by atoms with Gasteiger partial charge in [0.15, 0.2) is 0 Å². The second-order valence-corrected chi connectivity index (χ2v) is 24.3. The van der Waals surface area contributed by atoms with Crippen molar-refractivity contribution in [2.24, 2.45) is 0 Å². The molecule has 59 heavy (non-hydrogen) atoms. The number of aromatic nitrogens is 3. The zero-order chi connectivity index (χ0) is 39.3. The van der Waals surface area contributed by atoms with Crippen molar-refractivity contribution in [1.29, 1.82) is 0 Å². The Hall–Kier alpha value is -6.82. The molecule has 0 spiro atoms. The van der Waals surface area contributed by atoms with Crippen molar-refractivity contribution in [1.82, 2.24) is 14.5 Å². The normalized spacial score (nSPS) is 14.2. The van der Waals surface area contributed by atoms with Gasteiger partial charge in [0, 0.05) is 0 Å². The van der Waals surface area contributed by atoms with Gasteiger partial charge in [-0.1, -0.05) is 6.07 Å². The summed E-state index contributed by atoms with van der Waals surface area (Å²) in [7, 11) is 0. The first-order valence-electron chi connectivity index (χ1n) is 20.5. The summed E-state index contributed by atoms with van der Waals surface area (Å²) in [6.45, 7) is 4.73. The van der Waals surface area contributed by atoms with Crippen LogP contribution in [0.15, 0.2) is 200 Å². The molecule has 0 amide bonds. The SMILES string of the molecule is CC1(C)c2ccccc2-c2cc3c(cc21)c1ccccc1n3-c1cccc(-c2nc(-c3ccccc3)nc3[c]2[Ge]([c]2ccccc2)([c]2ccccc2)[c]2ccccc2-3)c1. The molecule has 0 saturated carbocycles. The Bertz CT molecular complexity index is 3250. The molecule has 278 valence electrons. The van der Waals surface area contributed by atoms with Crippen LogP contribution in [0.25, 0.3) is 72.5 Å². The molecule has 4 heteroatoms. The van der Waals surface area contributed by atoms with E-state index in [2.05, 4.69) is 219 Å². The Balaban J connectivity index is 1.17. The molecule has 2 aliphatic rings. The summed E-state index contributed by atoms with van der Waals surface area (Å²) < 4.78 is 7.91. The number of hydrogen-bond donors (Lipinski definition) is 0. The Kier molecular flexibility index (Phi) is 7.45.